The summed E-state index contributed by atoms with van der Waals surface area (Å²) in [5, 5.41) is 4.67. The number of anilines is 2. The fourth-order valence-corrected chi connectivity index (χ4v) is 6.65. The maximum Gasteiger partial charge on any atom is 0.416 e. The maximum atomic E-state index is 13.1. The van der Waals surface area contributed by atoms with E-state index in [1.54, 1.807) is 0 Å². The number of carbonyl (C=O) groups excluding carboxylic acids is 4. The van der Waals surface area contributed by atoms with E-state index in [2.05, 4.69) is 10.6 Å². The molecule has 2 N–H and O–H groups in total. The highest BCUT2D eigenvalue weighted by Crippen LogP contribution is 2.42. The van der Waals surface area contributed by atoms with Gasteiger partial charge in [0.05, 0.1) is 20.9 Å². The SMILES string of the molecule is O=C(CCN1C(=O)C(=C2SC(=S)N(CCC(=O)Nc3cccc(C(F)(F)F)c3)C2=O)SC1=S)Nc1cccc(C(F)(F)F)c1. The topological polar surface area (TPSA) is 98.8 Å². The molecule has 4 amide bonds. The van der Waals surface area contributed by atoms with E-state index >= 15 is 0 Å². The lowest BCUT2D eigenvalue weighted by Crippen LogP contribution is -2.33. The molecule has 0 aliphatic carbocycles. The van der Waals surface area contributed by atoms with Crippen molar-refractivity contribution in [3.8, 4) is 0 Å². The Labute approximate surface area is 264 Å². The fraction of sp³-hybridized carbons (Fsp3) is 0.231. The van der Waals surface area contributed by atoms with Gasteiger partial charge in [0.25, 0.3) is 11.8 Å². The van der Waals surface area contributed by atoms with Gasteiger partial charge in [0, 0.05) is 37.3 Å². The van der Waals surface area contributed by atoms with Crippen LogP contribution in [0, 0.1) is 0 Å². The minimum absolute atomic E-state index is 0.0402. The summed E-state index contributed by atoms with van der Waals surface area (Å²) in [6, 6.07) is 8.09. The predicted molar refractivity (Wildman–Crippen MR) is 160 cm³/mol. The summed E-state index contributed by atoms with van der Waals surface area (Å²) < 4.78 is 77.6. The Kier molecular flexibility index (Phi) is 10.1. The normalized spacial score (nSPS) is 17.5. The maximum absolute atomic E-state index is 13.1. The zero-order chi connectivity index (χ0) is 32.4. The molecule has 0 spiro atoms. The van der Waals surface area contributed by atoms with Gasteiger partial charge in [-0.15, -0.1) is 0 Å². The Balaban J connectivity index is 1.34. The largest absolute Gasteiger partial charge is 0.416 e. The quantitative estimate of drug-likeness (QED) is 0.197. The summed E-state index contributed by atoms with van der Waals surface area (Å²) >= 11 is 12.1. The zero-order valence-electron chi connectivity index (χ0n) is 21.9. The highest BCUT2D eigenvalue weighted by atomic mass is 32.2. The first-order chi connectivity index (χ1) is 20.5. The molecular formula is C26H18F6N4O4S4. The summed E-state index contributed by atoms with van der Waals surface area (Å²) in [4.78, 5) is 53.0. The number of halogens is 6. The van der Waals surface area contributed by atoms with Crippen LogP contribution in [0.15, 0.2) is 58.3 Å². The first-order valence-electron chi connectivity index (χ1n) is 12.3. The van der Waals surface area contributed by atoms with E-state index in [9.17, 15) is 45.5 Å². The lowest BCUT2D eigenvalue weighted by Gasteiger charge is -2.15. The lowest BCUT2D eigenvalue weighted by molar-refractivity contribution is -0.138. The van der Waals surface area contributed by atoms with Crippen molar-refractivity contribution in [3.63, 3.8) is 0 Å². The van der Waals surface area contributed by atoms with Gasteiger partial charge in [0.2, 0.25) is 11.8 Å². The average molecular weight is 693 g/mol. The van der Waals surface area contributed by atoms with Crippen molar-refractivity contribution < 1.29 is 45.5 Å². The van der Waals surface area contributed by atoms with Gasteiger partial charge in [-0.05, 0) is 36.4 Å². The van der Waals surface area contributed by atoms with Crippen LogP contribution in [0.5, 0.6) is 0 Å². The molecule has 2 aromatic carbocycles. The molecule has 8 nitrogen and oxygen atoms in total. The lowest BCUT2D eigenvalue weighted by atomic mass is 10.2. The molecule has 2 saturated heterocycles. The first-order valence-corrected chi connectivity index (χ1v) is 14.8. The molecule has 0 radical (unpaired) electrons. The van der Waals surface area contributed by atoms with Crippen LogP contribution < -0.4 is 10.6 Å². The van der Waals surface area contributed by atoms with Crippen LogP contribution in [0.2, 0.25) is 0 Å². The number of thioether (sulfide) groups is 2. The Bertz CT molecular complexity index is 1480. The molecule has 2 aromatic rings. The van der Waals surface area contributed by atoms with E-state index in [-0.39, 0.29) is 55.8 Å². The number of thiocarbonyl (C=S) groups is 2. The van der Waals surface area contributed by atoms with Crippen molar-refractivity contribution in [2.75, 3.05) is 23.7 Å². The molecule has 2 aliphatic heterocycles. The van der Waals surface area contributed by atoms with Crippen molar-refractivity contribution in [3.05, 3.63) is 69.5 Å². The Morgan fingerprint density at radius 1 is 0.682 bits per heavy atom. The van der Waals surface area contributed by atoms with Crippen molar-refractivity contribution in [2.45, 2.75) is 25.2 Å². The molecule has 18 heteroatoms. The summed E-state index contributed by atoms with van der Waals surface area (Å²) in [6.07, 6.45) is -9.81. The second-order valence-corrected chi connectivity index (χ2v) is 12.3. The fourth-order valence-electron chi connectivity index (χ4n) is 3.88. The number of nitrogens with zero attached hydrogens (tertiary/aromatic N) is 2. The van der Waals surface area contributed by atoms with Crippen molar-refractivity contribution in [1.82, 2.24) is 9.80 Å². The molecule has 0 aromatic heterocycles. The number of hydrogen-bond donors (Lipinski definition) is 2. The predicted octanol–water partition coefficient (Wildman–Crippen LogP) is 6.01. The van der Waals surface area contributed by atoms with Gasteiger partial charge in [-0.2, -0.15) is 26.3 Å². The molecule has 0 unspecified atom stereocenters. The van der Waals surface area contributed by atoms with Gasteiger partial charge in [-0.1, -0.05) is 60.1 Å². The third-order valence-corrected chi connectivity index (χ3v) is 9.00. The van der Waals surface area contributed by atoms with E-state index in [1.165, 1.54) is 12.1 Å². The Morgan fingerprint density at radius 2 is 1.05 bits per heavy atom. The molecular weight excluding hydrogens is 675 g/mol. The van der Waals surface area contributed by atoms with Gasteiger partial charge in [-0.3, -0.25) is 29.0 Å². The first kappa shape index (κ1) is 33.4. The van der Waals surface area contributed by atoms with Crippen LogP contribution in [0.25, 0.3) is 0 Å². The molecule has 2 fully saturated rings. The second kappa shape index (κ2) is 13.3. The molecule has 0 saturated carbocycles. The van der Waals surface area contributed by atoms with Crippen molar-refractivity contribution >= 4 is 91.6 Å². The van der Waals surface area contributed by atoms with Crippen LogP contribution in [-0.4, -0.2) is 55.2 Å². The standard InChI is InChI=1S/C26H18F6N4O4S4/c27-25(28,29)13-3-1-5-15(11-13)33-17(37)7-9-35-21(39)19(43-23(35)41)20-22(40)36(24(42)44-20)10-8-18(38)34-16-6-2-4-14(12-16)26(30,31)32/h1-6,11-12H,7-10H2,(H,33,37)(H,34,38). The minimum Gasteiger partial charge on any atom is -0.326 e. The van der Waals surface area contributed by atoms with Gasteiger partial charge in [0.1, 0.15) is 8.64 Å². The number of rotatable bonds is 8. The van der Waals surface area contributed by atoms with E-state index < -0.39 is 47.1 Å². The van der Waals surface area contributed by atoms with Crippen LogP contribution in [0.1, 0.15) is 24.0 Å². The molecule has 232 valence electrons. The van der Waals surface area contributed by atoms with Crippen LogP contribution >= 0.6 is 48.0 Å². The van der Waals surface area contributed by atoms with E-state index in [0.717, 1.165) is 69.7 Å². The minimum atomic E-state index is -4.59. The van der Waals surface area contributed by atoms with Crippen LogP contribution in [0.3, 0.4) is 0 Å². The van der Waals surface area contributed by atoms with Crippen LogP contribution in [-0.2, 0) is 31.5 Å². The summed E-state index contributed by atoms with van der Waals surface area (Å²) in [7, 11) is 0. The number of alkyl halides is 6. The van der Waals surface area contributed by atoms with E-state index in [4.69, 9.17) is 24.4 Å². The van der Waals surface area contributed by atoms with Gasteiger partial charge in [0.15, 0.2) is 0 Å². The molecule has 0 atom stereocenters. The Morgan fingerprint density at radius 3 is 1.39 bits per heavy atom. The molecule has 4 rings (SSSR count). The smallest absolute Gasteiger partial charge is 0.326 e. The molecule has 2 aliphatic rings. The van der Waals surface area contributed by atoms with Gasteiger partial charge < -0.3 is 10.6 Å². The third-order valence-electron chi connectivity index (χ3n) is 5.98. The number of benzene rings is 2. The number of carbonyl (C=O) groups is 4. The summed E-state index contributed by atoms with van der Waals surface area (Å²) in [6.45, 7) is -0.427. The van der Waals surface area contributed by atoms with E-state index in [1.807, 2.05) is 0 Å². The van der Waals surface area contributed by atoms with Crippen molar-refractivity contribution in [2.24, 2.45) is 0 Å². The number of hydrogen-bond acceptors (Lipinski definition) is 8. The highest BCUT2D eigenvalue weighted by molar-refractivity contribution is 8.29. The molecule has 44 heavy (non-hydrogen) atoms. The van der Waals surface area contributed by atoms with E-state index in [0.29, 0.717) is 0 Å². The van der Waals surface area contributed by atoms with Crippen molar-refractivity contribution in [1.29, 1.82) is 0 Å². The second-order valence-electron chi connectivity index (χ2n) is 9.06. The zero-order valence-corrected chi connectivity index (χ0v) is 25.1. The molecule has 2 heterocycles. The third kappa shape index (κ3) is 7.96. The Hall–Kier alpha value is -3.48. The molecule has 0 bridgehead atoms. The number of nitrogens with one attached hydrogen (secondary N) is 2. The summed E-state index contributed by atoms with van der Waals surface area (Å²) in [5.41, 5.74) is -2.05. The highest BCUT2D eigenvalue weighted by Gasteiger charge is 2.42. The van der Waals surface area contributed by atoms with Gasteiger partial charge >= 0.3 is 12.4 Å². The monoisotopic (exact) mass is 692 g/mol. The van der Waals surface area contributed by atoms with Crippen LogP contribution in [0.4, 0.5) is 37.7 Å². The van der Waals surface area contributed by atoms with Gasteiger partial charge in [-0.25, -0.2) is 0 Å². The summed E-state index contributed by atoms with van der Waals surface area (Å²) in [5.74, 6) is -2.69. The number of amides is 4. The average Bonchev–Trinajstić information content (AvgIpc) is 3.38.